The molecule has 88 valence electrons. The van der Waals surface area contributed by atoms with E-state index in [1.165, 1.54) is 41.5 Å². The Morgan fingerprint density at radius 1 is 1.50 bits per heavy atom. The average Bonchev–Trinajstić information content (AvgIpc) is 2.96. The number of hydrogen-bond donors (Lipinski definition) is 1. The maximum atomic E-state index is 6.11. The van der Waals surface area contributed by atoms with E-state index >= 15 is 0 Å². The number of halogens is 1. The summed E-state index contributed by atoms with van der Waals surface area (Å²) in [5.74, 6) is 1.88. The van der Waals surface area contributed by atoms with Gasteiger partial charge in [-0.1, -0.05) is 6.42 Å². The van der Waals surface area contributed by atoms with E-state index in [1.54, 1.807) is 0 Å². The lowest BCUT2D eigenvalue weighted by Gasteiger charge is -2.36. The zero-order chi connectivity index (χ0) is 11.2. The van der Waals surface area contributed by atoms with Gasteiger partial charge in [0.15, 0.2) is 0 Å². The van der Waals surface area contributed by atoms with Crippen LogP contribution in [-0.4, -0.2) is 6.54 Å². The van der Waals surface area contributed by atoms with Gasteiger partial charge in [-0.25, -0.2) is 0 Å². The van der Waals surface area contributed by atoms with Crippen LogP contribution >= 0.6 is 27.3 Å². The van der Waals surface area contributed by atoms with Crippen LogP contribution in [0.25, 0.3) is 0 Å². The molecule has 3 rings (SSSR count). The fourth-order valence-corrected chi connectivity index (χ4v) is 5.52. The van der Waals surface area contributed by atoms with Crippen molar-refractivity contribution in [3.63, 3.8) is 0 Å². The molecule has 2 bridgehead atoms. The van der Waals surface area contributed by atoms with Gasteiger partial charge >= 0.3 is 0 Å². The van der Waals surface area contributed by atoms with E-state index in [4.69, 9.17) is 5.73 Å². The van der Waals surface area contributed by atoms with Crippen LogP contribution in [0, 0.1) is 17.3 Å². The molecule has 16 heavy (non-hydrogen) atoms. The molecule has 1 heterocycles. The Labute approximate surface area is 110 Å². The smallest absolute Gasteiger partial charge is 0.0314 e. The van der Waals surface area contributed by atoms with E-state index in [0.717, 1.165) is 18.4 Å². The summed E-state index contributed by atoms with van der Waals surface area (Å²) in [4.78, 5) is 1.50. The van der Waals surface area contributed by atoms with Crippen molar-refractivity contribution in [1.82, 2.24) is 0 Å². The lowest BCUT2D eigenvalue weighted by molar-refractivity contribution is 0.173. The molecule has 0 radical (unpaired) electrons. The molecule has 2 fully saturated rings. The van der Waals surface area contributed by atoms with Crippen LogP contribution in [0.5, 0.6) is 0 Å². The highest BCUT2D eigenvalue weighted by Crippen LogP contribution is 2.57. The number of thiophene rings is 1. The highest BCUT2D eigenvalue weighted by atomic mass is 79.9. The normalized spacial score (nSPS) is 37.1. The Morgan fingerprint density at radius 3 is 2.88 bits per heavy atom. The summed E-state index contributed by atoms with van der Waals surface area (Å²) in [6, 6.07) is 2.16. The summed E-state index contributed by atoms with van der Waals surface area (Å²) < 4.78 is 1.29. The summed E-state index contributed by atoms with van der Waals surface area (Å²) in [5.41, 5.74) is 6.54. The van der Waals surface area contributed by atoms with Gasteiger partial charge in [-0.2, -0.15) is 0 Å². The molecule has 1 nitrogen and oxygen atoms in total. The number of nitrogens with two attached hydrogens (primary N) is 1. The van der Waals surface area contributed by atoms with Crippen LogP contribution in [0.4, 0.5) is 0 Å². The molecule has 3 unspecified atom stereocenters. The molecular weight excluding hydrogens is 282 g/mol. The molecule has 3 atom stereocenters. The minimum Gasteiger partial charge on any atom is -0.330 e. The monoisotopic (exact) mass is 299 g/mol. The van der Waals surface area contributed by atoms with Crippen molar-refractivity contribution in [2.24, 2.45) is 23.0 Å². The predicted molar refractivity (Wildman–Crippen MR) is 72.7 cm³/mol. The first-order valence-electron chi connectivity index (χ1n) is 6.15. The van der Waals surface area contributed by atoms with Crippen LogP contribution in [-0.2, 0) is 6.42 Å². The molecule has 1 aromatic heterocycles. The van der Waals surface area contributed by atoms with Gasteiger partial charge < -0.3 is 5.73 Å². The second-order valence-electron chi connectivity index (χ2n) is 5.52. The zero-order valence-electron chi connectivity index (χ0n) is 9.42. The molecule has 2 aliphatic rings. The van der Waals surface area contributed by atoms with Gasteiger partial charge in [0.2, 0.25) is 0 Å². The van der Waals surface area contributed by atoms with E-state index in [1.807, 2.05) is 11.3 Å². The molecule has 3 heteroatoms. The van der Waals surface area contributed by atoms with Gasteiger partial charge in [0, 0.05) is 9.35 Å². The third-order valence-corrected chi connectivity index (χ3v) is 6.64. The molecular formula is C13H18BrNS. The summed E-state index contributed by atoms with van der Waals surface area (Å²) in [5, 5.41) is 2.18. The fraction of sp³-hybridized carbons (Fsp3) is 0.692. The Hall–Kier alpha value is 0.140. The van der Waals surface area contributed by atoms with Gasteiger partial charge in [0.05, 0.1) is 0 Å². The maximum absolute atomic E-state index is 6.11. The van der Waals surface area contributed by atoms with E-state index in [-0.39, 0.29) is 0 Å². The lowest BCUT2D eigenvalue weighted by Crippen LogP contribution is -2.37. The summed E-state index contributed by atoms with van der Waals surface area (Å²) >= 11 is 5.52. The van der Waals surface area contributed by atoms with Gasteiger partial charge in [0.25, 0.3) is 0 Å². The first-order chi connectivity index (χ1) is 7.73. The molecule has 0 amide bonds. The van der Waals surface area contributed by atoms with Crippen LogP contribution in [0.1, 0.15) is 30.6 Å². The van der Waals surface area contributed by atoms with E-state index < -0.39 is 0 Å². The first-order valence-corrected chi connectivity index (χ1v) is 7.83. The third kappa shape index (κ3) is 1.68. The van der Waals surface area contributed by atoms with E-state index in [9.17, 15) is 0 Å². The summed E-state index contributed by atoms with van der Waals surface area (Å²) in [7, 11) is 0. The molecule has 2 saturated carbocycles. The summed E-state index contributed by atoms with van der Waals surface area (Å²) in [6.45, 7) is 0.874. The Balaban J connectivity index is 1.84. The molecule has 0 spiro atoms. The number of fused-ring (bicyclic) bond motifs is 2. The maximum Gasteiger partial charge on any atom is 0.0314 e. The van der Waals surface area contributed by atoms with Crippen molar-refractivity contribution in [2.45, 2.75) is 32.1 Å². The second-order valence-corrected chi connectivity index (χ2v) is 7.37. The van der Waals surface area contributed by atoms with Crippen molar-refractivity contribution >= 4 is 27.3 Å². The largest absolute Gasteiger partial charge is 0.330 e. The number of rotatable bonds is 3. The topological polar surface area (TPSA) is 26.0 Å². The predicted octanol–water partition coefficient (Wildman–Crippen LogP) is 3.82. The molecule has 1 aromatic rings. The average molecular weight is 300 g/mol. The SMILES string of the molecule is NCC1(Cc2sccc2Br)CC2CCC1C2. The fourth-order valence-electron chi connectivity index (χ4n) is 3.87. The van der Waals surface area contributed by atoms with Gasteiger partial charge in [-0.05, 0) is 76.9 Å². The minimum absolute atomic E-state index is 0.427. The minimum atomic E-state index is 0.427. The van der Waals surface area contributed by atoms with Gasteiger partial charge in [0.1, 0.15) is 0 Å². The van der Waals surface area contributed by atoms with Crippen molar-refractivity contribution in [2.75, 3.05) is 6.54 Å². The molecule has 2 aliphatic carbocycles. The van der Waals surface area contributed by atoms with Crippen LogP contribution in [0.2, 0.25) is 0 Å². The van der Waals surface area contributed by atoms with E-state index in [0.29, 0.717) is 5.41 Å². The highest BCUT2D eigenvalue weighted by Gasteiger charge is 2.50. The van der Waals surface area contributed by atoms with E-state index in [2.05, 4.69) is 27.4 Å². The highest BCUT2D eigenvalue weighted by molar-refractivity contribution is 9.10. The molecule has 0 aliphatic heterocycles. The zero-order valence-corrected chi connectivity index (χ0v) is 11.8. The molecule has 0 aromatic carbocycles. The Kier molecular flexibility index (Phi) is 2.89. The number of hydrogen-bond acceptors (Lipinski definition) is 2. The summed E-state index contributed by atoms with van der Waals surface area (Å²) in [6.07, 6.45) is 6.89. The van der Waals surface area contributed by atoms with Gasteiger partial charge in [-0.3, -0.25) is 0 Å². The van der Waals surface area contributed by atoms with Crippen LogP contribution < -0.4 is 5.73 Å². The molecule has 0 saturated heterocycles. The Morgan fingerprint density at radius 2 is 2.38 bits per heavy atom. The standard InChI is InChI=1S/C13H18BrNS/c14-11-3-4-16-12(11)7-13(8-15)6-9-1-2-10(13)5-9/h3-4,9-10H,1-2,5-8,15H2. The van der Waals surface area contributed by atoms with Crippen molar-refractivity contribution in [1.29, 1.82) is 0 Å². The second kappa shape index (κ2) is 4.11. The quantitative estimate of drug-likeness (QED) is 0.902. The van der Waals surface area contributed by atoms with Crippen molar-refractivity contribution < 1.29 is 0 Å². The van der Waals surface area contributed by atoms with Crippen molar-refractivity contribution in [3.05, 3.63) is 20.8 Å². The van der Waals surface area contributed by atoms with Crippen LogP contribution in [0.15, 0.2) is 15.9 Å². The van der Waals surface area contributed by atoms with Crippen molar-refractivity contribution in [3.8, 4) is 0 Å². The lowest BCUT2D eigenvalue weighted by atomic mass is 9.70. The van der Waals surface area contributed by atoms with Gasteiger partial charge in [-0.15, -0.1) is 11.3 Å². The third-order valence-electron chi connectivity index (χ3n) is 4.71. The first kappa shape index (κ1) is 11.2. The molecule has 2 N–H and O–H groups in total. The Bertz CT molecular complexity index is 389. The van der Waals surface area contributed by atoms with Crippen LogP contribution in [0.3, 0.4) is 0 Å².